The minimum Gasteiger partial charge on any atom is -0.321 e. The zero-order valence-electron chi connectivity index (χ0n) is 9.58. The summed E-state index contributed by atoms with van der Waals surface area (Å²) in [7, 11) is 0. The number of nitrogens with one attached hydrogen (secondary N) is 1. The smallest absolute Gasteiger partial charge is 0.257 e. The lowest BCUT2D eigenvalue weighted by Crippen LogP contribution is -2.13. The van der Waals surface area contributed by atoms with E-state index in [1.165, 1.54) is 0 Å². The fourth-order valence-corrected chi connectivity index (χ4v) is 2.14. The average Bonchev–Trinajstić information content (AvgIpc) is 2.32. The van der Waals surface area contributed by atoms with E-state index in [0.717, 1.165) is 10.0 Å². The van der Waals surface area contributed by atoms with Crippen molar-refractivity contribution in [2.24, 2.45) is 0 Å². The Morgan fingerprint density at radius 2 is 2.17 bits per heavy atom. The van der Waals surface area contributed by atoms with Crippen molar-refractivity contribution in [3.63, 3.8) is 0 Å². The van der Waals surface area contributed by atoms with E-state index in [1.54, 1.807) is 30.6 Å². The van der Waals surface area contributed by atoms with Crippen molar-refractivity contribution in [3.05, 3.63) is 57.3 Å². The molecule has 2 aromatic rings. The van der Waals surface area contributed by atoms with Crippen molar-refractivity contribution >= 4 is 39.1 Å². The lowest BCUT2D eigenvalue weighted by Gasteiger charge is -2.08. The van der Waals surface area contributed by atoms with Crippen molar-refractivity contribution in [2.45, 2.75) is 6.92 Å². The quantitative estimate of drug-likeness (QED) is 0.905. The SMILES string of the molecule is Cc1ccc(C(=O)Nc2ccncc2Br)c(Cl)c1. The van der Waals surface area contributed by atoms with E-state index in [2.05, 4.69) is 26.2 Å². The second-order valence-corrected chi connectivity index (χ2v) is 5.05. The van der Waals surface area contributed by atoms with Gasteiger partial charge in [-0.05, 0) is 46.6 Å². The van der Waals surface area contributed by atoms with Crippen LogP contribution < -0.4 is 5.32 Å². The van der Waals surface area contributed by atoms with E-state index in [-0.39, 0.29) is 5.91 Å². The predicted octanol–water partition coefficient (Wildman–Crippen LogP) is 4.06. The third-order valence-corrected chi connectivity index (χ3v) is 3.33. The van der Waals surface area contributed by atoms with Gasteiger partial charge in [0.2, 0.25) is 0 Å². The van der Waals surface area contributed by atoms with Gasteiger partial charge in [-0.1, -0.05) is 17.7 Å². The molecule has 0 aliphatic rings. The van der Waals surface area contributed by atoms with Crippen LogP contribution in [0, 0.1) is 6.92 Å². The molecule has 1 heterocycles. The van der Waals surface area contributed by atoms with Crippen molar-refractivity contribution in [1.82, 2.24) is 4.98 Å². The summed E-state index contributed by atoms with van der Waals surface area (Å²) in [5.74, 6) is -0.244. The summed E-state index contributed by atoms with van der Waals surface area (Å²) in [5, 5.41) is 3.22. The first-order valence-electron chi connectivity index (χ1n) is 5.25. The Hall–Kier alpha value is -1.39. The molecular weight excluding hydrogens is 316 g/mol. The first-order valence-corrected chi connectivity index (χ1v) is 6.42. The number of hydrogen-bond donors (Lipinski definition) is 1. The number of carbonyl (C=O) groups excluding carboxylic acids is 1. The fourth-order valence-electron chi connectivity index (χ4n) is 1.47. The van der Waals surface area contributed by atoms with Gasteiger partial charge in [0.15, 0.2) is 0 Å². The molecule has 1 aromatic carbocycles. The maximum Gasteiger partial charge on any atom is 0.257 e. The molecule has 3 nitrogen and oxygen atoms in total. The lowest BCUT2D eigenvalue weighted by molar-refractivity contribution is 0.102. The summed E-state index contributed by atoms with van der Waals surface area (Å²) >= 11 is 9.36. The molecular formula is C13H10BrClN2O. The van der Waals surface area contributed by atoms with Crippen LogP contribution in [0.1, 0.15) is 15.9 Å². The largest absolute Gasteiger partial charge is 0.321 e. The molecule has 18 heavy (non-hydrogen) atoms. The Labute approximate surface area is 118 Å². The van der Waals surface area contributed by atoms with E-state index in [0.29, 0.717) is 16.3 Å². The minimum atomic E-state index is -0.244. The zero-order valence-corrected chi connectivity index (χ0v) is 11.9. The third-order valence-electron chi connectivity index (χ3n) is 2.39. The number of aromatic nitrogens is 1. The molecule has 0 saturated heterocycles. The number of hydrogen-bond acceptors (Lipinski definition) is 2. The van der Waals surface area contributed by atoms with Crippen molar-refractivity contribution in [2.75, 3.05) is 5.32 Å². The molecule has 2 rings (SSSR count). The van der Waals surface area contributed by atoms with Gasteiger partial charge in [0.1, 0.15) is 0 Å². The summed E-state index contributed by atoms with van der Waals surface area (Å²) in [6, 6.07) is 7.03. The van der Waals surface area contributed by atoms with Gasteiger partial charge in [0.25, 0.3) is 5.91 Å². The van der Waals surface area contributed by atoms with Crippen LogP contribution in [0.4, 0.5) is 5.69 Å². The second-order valence-electron chi connectivity index (χ2n) is 3.79. The molecule has 0 fully saturated rings. The van der Waals surface area contributed by atoms with Crippen LogP contribution in [0.25, 0.3) is 0 Å². The van der Waals surface area contributed by atoms with Gasteiger partial charge in [-0.2, -0.15) is 0 Å². The highest BCUT2D eigenvalue weighted by Gasteiger charge is 2.11. The van der Waals surface area contributed by atoms with Crippen molar-refractivity contribution in [3.8, 4) is 0 Å². The number of amides is 1. The molecule has 0 aliphatic heterocycles. The van der Waals surface area contributed by atoms with Gasteiger partial charge >= 0.3 is 0 Å². The van der Waals surface area contributed by atoms with Gasteiger partial charge in [0, 0.05) is 12.4 Å². The number of benzene rings is 1. The number of nitrogens with zero attached hydrogens (tertiary/aromatic N) is 1. The highest BCUT2D eigenvalue weighted by atomic mass is 79.9. The van der Waals surface area contributed by atoms with Crippen molar-refractivity contribution in [1.29, 1.82) is 0 Å². The van der Waals surface area contributed by atoms with E-state index in [4.69, 9.17) is 11.6 Å². The normalized spacial score (nSPS) is 10.2. The monoisotopic (exact) mass is 324 g/mol. The number of aryl methyl sites for hydroxylation is 1. The van der Waals surface area contributed by atoms with Gasteiger partial charge < -0.3 is 5.32 Å². The van der Waals surface area contributed by atoms with Gasteiger partial charge in [0.05, 0.1) is 20.7 Å². The van der Waals surface area contributed by atoms with Crippen LogP contribution in [0.2, 0.25) is 5.02 Å². The topological polar surface area (TPSA) is 42.0 Å². The molecule has 92 valence electrons. The van der Waals surface area contributed by atoms with Gasteiger partial charge in [-0.25, -0.2) is 0 Å². The summed E-state index contributed by atoms with van der Waals surface area (Å²) in [5.41, 5.74) is 2.12. The van der Waals surface area contributed by atoms with Crippen LogP contribution in [0.5, 0.6) is 0 Å². The van der Waals surface area contributed by atoms with Crippen LogP contribution in [0.3, 0.4) is 0 Å². The predicted molar refractivity (Wildman–Crippen MR) is 76.1 cm³/mol. The number of rotatable bonds is 2. The molecule has 0 bridgehead atoms. The lowest BCUT2D eigenvalue weighted by atomic mass is 10.1. The molecule has 0 atom stereocenters. The molecule has 0 saturated carbocycles. The summed E-state index contributed by atoms with van der Waals surface area (Å²) in [4.78, 5) is 16.0. The first kappa shape index (κ1) is 13.1. The first-order chi connectivity index (χ1) is 8.58. The molecule has 1 N–H and O–H groups in total. The third kappa shape index (κ3) is 2.89. The van der Waals surface area contributed by atoms with Crippen LogP contribution >= 0.6 is 27.5 Å². The Morgan fingerprint density at radius 3 is 2.83 bits per heavy atom. The molecule has 5 heteroatoms. The summed E-state index contributed by atoms with van der Waals surface area (Å²) in [6.45, 7) is 1.92. The number of halogens is 2. The molecule has 0 radical (unpaired) electrons. The van der Waals surface area contributed by atoms with Crippen LogP contribution in [-0.4, -0.2) is 10.9 Å². The molecule has 1 aromatic heterocycles. The van der Waals surface area contributed by atoms with E-state index in [9.17, 15) is 4.79 Å². The Bertz CT molecular complexity index is 601. The fraction of sp³-hybridized carbons (Fsp3) is 0.0769. The number of carbonyl (C=O) groups is 1. The Morgan fingerprint density at radius 1 is 1.39 bits per heavy atom. The van der Waals surface area contributed by atoms with E-state index in [1.807, 2.05) is 13.0 Å². The zero-order chi connectivity index (χ0) is 13.1. The summed E-state index contributed by atoms with van der Waals surface area (Å²) < 4.78 is 0.724. The minimum absolute atomic E-state index is 0.244. The van der Waals surface area contributed by atoms with Crippen LogP contribution in [0.15, 0.2) is 41.1 Å². The Balaban J connectivity index is 2.25. The molecule has 1 amide bonds. The van der Waals surface area contributed by atoms with Crippen molar-refractivity contribution < 1.29 is 4.79 Å². The molecule has 0 spiro atoms. The number of anilines is 1. The van der Waals surface area contributed by atoms with Gasteiger partial charge in [-0.15, -0.1) is 0 Å². The average molecular weight is 326 g/mol. The standard InChI is InChI=1S/C13H10BrClN2O/c1-8-2-3-9(11(15)6-8)13(18)17-12-4-5-16-7-10(12)14/h2-7H,1H3,(H,16,17,18). The number of pyridine rings is 1. The maximum atomic E-state index is 12.1. The summed E-state index contributed by atoms with van der Waals surface area (Å²) in [6.07, 6.45) is 3.23. The van der Waals surface area contributed by atoms with E-state index >= 15 is 0 Å². The van der Waals surface area contributed by atoms with Gasteiger partial charge in [-0.3, -0.25) is 9.78 Å². The highest BCUT2D eigenvalue weighted by Crippen LogP contribution is 2.23. The second kappa shape index (κ2) is 5.50. The Kier molecular flexibility index (Phi) is 3.99. The highest BCUT2D eigenvalue weighted by molar-refractivity contribution is 9.10. The molecule has 0 unspecified atom stereocenters. The maximum absolute atomic E-state index is 12.1. The van der Waals surface area contributed by atoms with E-state index < -0.39 is 0 Å². The van der Waals surface area contributed by atoms with Crippen LogP contribution in [-0.2, 0) is 0 Å². The molecule has 0 aliphatic carbocycles.